The lowest BCUT2D eigenvalue weighted by Crippen LogP contribution is -1.90. The molecular formula is C16H15ClNO. The Hall–Kier alpha value is -1.80. The number of ether oxygens (including phenoxy) is 1. The normalized spacial score (nSPS) is 10.8. The average molecular weight is 273 g/mol. The van der Waals surface area contributed by atoms with Crippen molar-refractivity contribution < 1.29 is 4.74 Å². The van der Waals surface area contributed by atoms with Gasteiger partial charge in [0.15, 0.2) is 0 Å². The van der Waals surface area contributed by atoms with Gasteiger partial charge in [0, 0.05) is 18.7 Å². The molecule has 0 fully saturated rings. The van der Waals surface area contributed by atoms with Crippen molar-refractivity contribution in [3.8, 4) is 5.75 Å². The summed E-state index contributed by atoms with van der Waals surface area (Å²) in [5.41, 5.74) is 1.96. The van der Waals surface area contributed by atoms with E-state index in [-0.39, 0.29) is 0 Å². The van der Waals surface area contributed by atoms with Crippen LogP contribution >= 0.6 is 11.6 Å². The molecule has 1 heterocycles. The van der Waals surface area contributed by atoms with Crippen LogP contribution in [0.4, 0.5) is 0 Å². The third-order valence-corrected chi connectivity index (χ3v) is 2.91. The summed E-state index contributed by atoms with van der Waals surface area (Å²) in [5.74, 6) is 0.891. The molecule has 0 aliphatic rings. The van der Waals surface area contributed by atoms with Gasteiger partial charge in [-0.2, -0.15) is 0 Å². The van der Waals surface area contributed by atoms with Gasteiger partial charge in [-0.3, -0.25) is 4.98 Å². The second kappa shape index (κ2) is 6.95. The highest BCUT2D eigenvalue weighted by Crippen LogP contribution is 2.15. The second-order valence-electron chi connectivity index (χ2n) is 3.96. The minimum Gasteiger partial charge on any atom is -0.494 e. The molecule has 0 aliphatic carbocycles. The molecule has 1 aromatic heterocycles. The zero-order valence-corrected chi connectivity index (χ0v) is 11.5. The molecule has 2 nitrogen and oxygen atoms in total. The van der Waals surface area contributed by atoms with E-state index >= 15 is 0 Å². The Balaban J connectivity index is 1.97. The van der Waals surface area contributed by atoms with Gasteiger partial charge >= 0.3 is 0 Å². The molecular weight excluding hydrogens is 258 g/mol. The summed E-state index contributed by atoms with van der Waals surface area (Å²) in [6, 6.07) is 12.6. The molecule has 1 radical (unpaired) electrons. The fourth-order valence-electron chi connectivity index (χ4n) is 1.67. The monoisotopic (exact) mass is 272 g/mol. The van der Waals surface area contributed by atoms with Crippen molar-refractivity contribution in [1.82, 2.24) is 4.98 Å². The van der Waals surface area contributed by atoms with E-state index in [1.54, 1.807) is 12.3 Å². The molecule has 1 aromatic carbocycles. The molecule has 3 heteroatoms. The van der Waals surface area contributed by atoms with Crippen molar-refractivity contribution in [2.45, 2.75) is 13.3 Å². The summed E-state index contributed by atoms with van der Waals surface area (Å²) in [6.45, 7) is 2.66. The van der Waals surface area contributed by atoms with Crippen LogP contribution in [0, 0.1) is 6.07 Å². The lowest BCUT2D eigenvalue weighted by molar-refractivity contribution is 0.340. The number of allylic oxidation sites excluding steroid dienone is 1. The fraction of sp³-hybridized carbons (Fsp3) is 0.188. The van der Waals surface area contributed by atoms with Crippen LogP contribution in [-0.4, -0.2) is 11.6 Å². The Labute approximate surface area is 118 Å². The molecule has 0 saturated carbocycles. The summed E-state index contributed by atoms with van der Waals surface area (Å²) in [6.07, 6.45) is 6.48. The molecule has 0 aliphatic heterocycles. The molecule has 19 heavy (non-hydrogen) atoms. The summed E-state index contributed by atoms with van der Waals surface area (Å²) >= 11 is 5.99. The molecule has 0 amide bonds. The van der Waals surface area contributed by atoms with Crippen molar-refractivity contribution >= 4 is 17.7 Å². The van der Waals surface area contributed by atoms with E-state index in [0.717, 1.165) is 17.0 Å². The Morgan fingerprint density at radius 3 is 2.79 bits per heavy atom. The van der Waals surface area contributed by atoms with Gasteiger partial charge in [-0.15, -0.1) is 0 Å². The molecule has 0 bridgehead atoms. The van der Waals surface area contributed by atoms with E-state index in [0.29, 0.717) is 18.1 Å². The second-order valence-corrected chi connectivity index (χ2v) is 4.34. The maximum Gasteiger partial charge on any atom is 0.119 e. The van der Waals surface area contributed by atoms with Crippen LogP contribution in [0.2, 0.25) is 5.02 Å². The highest BCUT2D eigenvalue weighted by atomic mass is 35.5. The molecule has 0 N–H and O–H groups in total. The van der Waals surface area contributed by atoms with E-state index in [1.807, 2.05) is 43.3 Å². The number of rotatable bonds is 5. The van der Waals surface area contributed by atoms with Crippen molar-refractivity contribution in [2.24, 2.45) is 0 Å². The minimum atomic E-state index is 0.582. The largest absolute Gasteiger partial charge is 0.494 e. The van der Waals surface area contributed by atoms with Crippen LogP contribution < -0.4 is 4.74 Å². The zero-order chi connectivity index (χ0) is 13.5. The minimum absolute atomic E-state index is 0.582. The van der Waals surface area contributed by atoms with Crippen LogP contribution in [0.25, 0.3) is 6.08 Å². The molecule has 0 atom stereocenters. The van der Waals surface area contributed by atoms with E-state index in [1.165, 1.54) is 0 Å². The van der Waals surface area contributed by atoms with Crippen molar-refractivity contribution in [3.63, 3.8) is 0 Å². The van der Waals surface area contributed by atoms with Crippen LogP contribution in [0.3, 0.4) is 0 Å². The summed E-state index contributed by atoms with van der Waals surface area (Å²) in [5, 5.41) is 0.582. The molecule has 2 rings (SSSR count). The van der Waals surface area contributed by atoms with Crippen LogP contribution in [0.1, 0.15) is 18.2 Å². The number of nitrogens with zero attached hydrogens (tertiary/aromatic N) is 1. The van der Waals surface area contributed by atoms with Crippen molar-refractivity contribution in [1.29, 1.82) is 0 Å². The smallest absolute Gasteiger partial charge is 0.119 e. The number of hydrogen-bond donors (Lipinski definition) is 0. The first kappa shape index (κ1) is 13.6. The maximum atomic E-state index is 5.99. The molecule has 97 valence electrons. The van der Waals surface area contributed by atoms with Gasteiger partial charge < -0.3 is 4.74 Å². The Kier molecular flexibility index (Phi) is 4.99. The van der Waals surface area contributed by atoms with Gasteiger partial charge in [0.2, 0.25) is 0 Å². The standard InChI is InChI=1S/C16H15ClNO/c1-2-19-14-10-8-13(9-11-14)5-3-7-16-15(17)6-4-12-18-16/h3-5,8-12H,2,7H2,1H3. The third-order valence-electron chi connectivity index (χ3n) is 2.58. The summed E-state index contributed by atoms with van der Waals surface area (Å²) in [4.78, 5) is 4.21. The first-order valence-corrected chi connectivity index (χ1v) is 6.58. The number of halogens is 1. The highest BCUT2D eigenvalue weighted by Gasteiger charge is 1.97. The maximum absolute atomic E-state index is 5.99. The van der Waals surface area contributed by atoms with Crippen molar-refractivity contribution in [3.05, 3.63) is 65.0 Å². The van der Waals surface area contributed by atoms with E-state index in [2.05, 4.69) is 11.1 Å². The lowest BCUT2D eigenvalue weighted by Gasteiger charge is -2.02. The number of benzene rings is 1. The number of aromatic nitrogens is 1. The third kappa shape index (κ3) is 4.11. The van der Waals surface area contributed by atoms with Crippen LogP contribution in [0.5, 0.6) is 5.75 Å². The Bertz CT molecular complexity index is 549. The highest BCUT2D eigenvalue weighted by molar-refractivity contribution is 6.31. The first-order chi connectivity index (χ1) is 9.29. The van der Waals surface area contributed by atoms with Crippen LogP contribution in [-0.2, 0) is 6.42 Å². The van der Waals surface area contributed by atoms with E-state index in [4.69, 9.17) is 16.3 Å². The molecule has 0 spiro atoms. The summed E-state index contributed by atoms with van der Waals surface area (Å²) < 4.78 is 5.39. The quantitative estimate of drug-likeness (QED) is 0.814. The van der Waals surface area contributed by atoms with E-state index < -0.39 is 0 Å². The van der Waals surface area contributed by atoms with Crippen LogP contribution in [0.15, 0.2) is 42.6 Å². The molecule has 0 unspecified atom stereocenters. The van der Waals surface area contributed by atoms with Gasteiger partial charge in [0.25, 0.3) is 0 Å². The van der Waals surface area contributed by atoms with Gasteiger partial charge in [0.1, 0.15) is 5.75 Å². The zero-order valence-electron chi connectivity index (χ0n) is 10.8. The average Bonchev–Trinajstić information content (AvgIpc) is 2.43. The van der Waals surface area contributed by atoms with Gasteiger partial charge in [0.05, 0.1) is 17.3 Å². The van der Waals surface area contributed by atoms with Gasteiger partial charge in [-0.05, 0) is 30.7 Å². The Morgan fingerprint density at radius 1 is 1.32 bits per heavy atom. The first-order valence-electron chi connectivity index (χ1n) is 6.20. The molecule has 0 saturated heterocycles. The Morgan fingerprint density at radius 2 is 2.11 bits per heavy atom. The fourth-order valence-corrected chi connectivity index (χ4v) is 1.86. The SMILES string of the molecule is CCOc1ccc(C=CCc2ncc[c]c2Cl)cc1. The summed E-state index contributed by atoms with van der Waals surface area (Å²) in [7, 11) is 0. The topological polar surface area (TPSA) is 22.1 Å². The van der Waals surface area contributed by atoms with E-state index in [9.17, 15) is 0 Å². The number of hydrogen-bond acceptors (Lipinski definition) is 2. The van der Waals surface area contributed by atoms with Crippen molar-refractivity contribution in [2.75, 3.05) is 6.61 Å². The van der Waals surface area contributed by atoms with Gasteiger partial charge in [-0.1, -0.05) is 35.9 Å². The van der Waals surface area contributed by atoms with Gasteiger partial charge in [-0.25, -0.2) is 0 Å². The number of pyridine rings is 1. The lowest BCUT2D eigenvalue weighted by atomic mass is 10.1. The predicted octanol–water partition coefficient (Wildman–Crippen LogP) is 4.19. The predicted molar refractivity (Wildman–Crippen MR) is 78.4 cm³/mol. The molecule has 2 aromatic rings.